The molecule has 0 spiro atoms. The number of hydrogen-bond acceptors (Lipinski definition) is 2. The van der Waals surface area contributed by atoms with Crippen LogP contribution in [0.5, 0.6) is 5.75 Å². The molecule has 20 heavy (non-hydrogen) atoms. The van der Waals surface area contributed by atoms with Gasteiger partial charge >= 0.3 is 0 Å². The fourth-order valence-electron chi connectivity index (χ4n) is 2.49. The molecule has 1 unspecified atom stereocenters. The van der Waals surface area contributed by atoms with Crippen LogP contribution in [0.1, 0.15) is 35.2 Å². The van der Waals surface area contributed by atoms with E-state index in [1.807, 2.05) is 25.1 Å². The van der Waals surface area contributed by atoms with Crippen LogP contribution >= 0.6 is 15.9 Å². The van der Waals surface area contributed by atoms with Gasteiger partial charge in [0.1, 0.15) is 5.75 Å². The molecule has 2 aromatic rings. The third-order valence-electron chi connectivity index (χ3n) is 3.47. The van der Waals surface area contributed by atoms with E-state index in [0.29, 0.717) is 6.61 Å². The fourth-order valence-corrected chi connectivity index (χ4v) is 3.09. The first-order valence-corrected chi connectivity index (χ1v) is 7.57. The first-order valence-electron chi connectivity index (χ1n) is 6.78. The average molecular weight is 334 g/mol. The number of hydrogen-bond donors (Lipinski definition) is 1. The van der Waals surface area contributed by atoms with Crippen molar-refractivity contribution in [3.8, 4) is 5.75 Å². The Kier molecular flexibility index (Phi) is 4.84. The summed E-state index contributed by atoms with van der Waals surface area (Å²) in [6, 6.07) is 12.1. The van der Waals surface area contributed by atoms with Crippen LogP contribution in [0, 0.1) is 13.8 Å². The maximum Gasteiger partial charge on any atom is 0.120 e. The van der Waals surface area contributed by atoms with Crippen molar-refractivity contribution < 1.29 is 4.74 Å². The van der Waals surface area contributed by atoms with Gasteiger partial charge in [0.15, 0.2) is 0 Å². The molecule has 2 N–H and O–H groups in total. The van der Waals surface area contributed by atoms with Crippen molar-refractivity contribution in [1.29, 1.82) is 0 Å². The van der Waals surface area contributed by atoms with Crippen molar-refractivity contribution in [2.45, 2.75) is 26.8 Å². The van der Waals surface area contributed by atoms with Crippen LogP contribution in [0.3, 0.4) is 0 Å². The maximum absolute atomic E-state index is 6.47. The van der Waals surface area contributed by atoms with Gasteiger partial charge in [-0.3, -0.25) is 0 Å². The number of ether oxygens (including phenoxy) is 1. The molecule has 0 saturated heterocycles. The summed E-state index contributed by atoms with van der Waals surface area (Å²) in [4.78, 5) is 0. The van der Waals surface area contributed by atoms with Gasteiger partial charge in [-0.05, 0) is 55.2 Å². The van der Waals surface area contributed by atoms with E-state index in [-0.39, 0.29) is 6.04 Å². The van der Waals surface area contributed by atoms with Crippen molar-refractivity contribution in [3.63, 3.8) is 0 Å². The van der Waals surface area contributed by atoms with Gasteiger partial charge in [-0.2, -0.15) is 0 Å². The zero-order chi connectivity index (χ0) is 14.7. The molecule has 1 atom stereocenters. The summed E-state index contributed by atoms with van der Waals surface area (Å²) in [6.45, 7) is 6.84. The number of rotatable bonds is 4. The van der Waals surface area contributed by atoms with Gasteiger partial charge in [0.25, 0.3) is 0 Å². The molecule has 2 rings (SSSR count). The fraction of sp³-hybridized carbons (Fsp3) is 0.294. The van der Waals surface area contributed by atoms with E-state index in [1.54, 1.807) is 0 Å². The minimum atomic E-state index is -0.138. The molecule has 3 heteroatoms. The molecular formula is C17H20BrNO. The second kappa shape index (κ2) is 6.42. The molecule has 0 amide bonds. The Bertz CT molecular complexity index is 590. The van der Waals surface area contributed by atoms with Crippen LogP contribution in [-0.4, -0.2) is 6.61 Å². The Morgan fingerprint density at radius 3 is 2.35 bits per heavy atom. The van der Waals surface area contributed by atoms with Gasteiger partial charge in [-0.25, -0.2) is 0 Å². The van der Waals surface area contributed by atoms with Gasteiger partial charge in [0.2, 0.25) is 0 Å². The highest BCUT2D eigenvalue weighted by Gasteiger charge is 2.16. The molecule has 2 aromatic carbocycles. The quantitative estimate of drug-likeness (QED) is 0.893. The van der Waals surface area contributed by atoms with Gasteiger partial charge < -0.3 is 10.5 Å². The number of aryl methyl sites for hydroxylation is 2. The Hall–Kier alpha value is -1.32. The SMILES string of the molecule is CCOc1ccc(C(N)c2c(C)cccc2C)c(Br)c1. The summed E-state index contributed by atoms with van der Waals surface area (Å²) in [7, 11) is 0. The Balaban J connectivity index is 2.41. The predicted molar refractivity (Wildman–Crippen MR) is 87.3 cm³/mol. The van der Waals surface area contributed by atoms with E-state index >= 15 is 0 Å². The van der Waals surface area contributed by atoms with Gasteiger partial charge in [-0.15, -0.1) is 0 Å². The number of nitrogens with two attached hydrogens (primary N) is 1. The minimum Gasteiger partial charge on any atom is -0.494 e. The average Bonchev–Trinajstić information content (AvgIpc) is 2.38. The van der Waals surface area contributed by atoms with Crippen LogP contribution in [0.2, 0.25) is 0 Å². The standard InChI is InChI=1S/C17H20BrNO/c1-4-20-13-8-9-14(15(18)10-13)17(19)16-11(2)6-5-7-12(16)3/h5-10,17H,4,19H2,1-3H3. The van der Waals surface area contributed by atoms with E-state index in [1.165, 1.54) is 16.7 Å². The van der Waals surface area contributed by atoms with Gasteiger partial charge in [-0.1, -0.05) is 40.2 Å². The topological polar surface area (TPSA) is 35.2 Å². The van der Waals surface area contributed by atoms with E-state index in [0.717, 1.165) is 15.8 Å². The van der Waals surface area contributed by atoms with Crippen LogP contribution in [0.15, 0.2) is 40.9 Å². The summed E-state index contributed by atoms with van der Waals surface area (Å²) < 4.78 is 6.49. The van der Waals surface area contributed by atoms with Crippen molar-refractivity contribution in [3.05, 3.63) is 63.1 Å². The summed E-state index contributed by atoms with van der Waals surface area (Å²) in [5, 5.41) is 0. The molecule has 0 aliphatic heterocycles. The Morgan fingerprint density at radius 1 is 1.15 bits per heavy atom. The first-order chi connectivity index (χ1) is 9.54. The summed E-state index contributed by atoms with van der Waals surface area (Å²) >= 11 is 3.60. The molecule has 0 saturated carbocycles. The highest BCUT2D eigenvalue weighted by Crippen LogP contribution is 2.32. The molecular weight excluding hydrogens is 314 g/mol. The second-order valence-electron chi connectivity index (χ2n) is 4.90. The summed E-state index contributed by atoms with van der Waals surface area (Å²) in [5.74, 6) is 0.858. The highest BCUT2D eigenvalue weighted by molar-refractivity contribution is 9.10. The predicted octanol–water partition coefficient (Wildman–Crippen LogP) is 4.51. The van der Waals surface area contributed by atoms with Crippen LogP contribution < -0.4 is 10.5 Å². The smallest absolute Gasteiger partial charge is 0.120 e. The first kappa shape index (κ1) is 15.1. The number of halogens is 1. The van der Waals surface area contributed by atoms with Crippen molar-refractivity contribution in [1.82, 2.24) is 0 Å². The highest BCUT2D eigenvalue weighted by atomic mass is 79.9. The molecule has 0 fully saturated rings. The molecule has 0 aliphatic carbocycles. The van der Waals surface area contributed by atoms with Gasteiger partial charge in [0.05, 0.1) is 12.6 Å². The maximum atomic E-state index is 6.47. The van der Waals surface area contributed by atoms with E-state index in [9.17, 15) is 0 Å². The molecule has 0 bridgehead atoms. The summed E-state index contributed by atoms with van der Waals surface area (Å²) in [6.07, 6.45) is 0. The normalized spacial score (nSPS) is 12.2. The largest absolute Gasteiger partial charge is 0.494 e. The van der Waals surface area contributed by atoms with Crippen LogP contribution in [0.4, 0.5) is 0 Å². The third kappa shape index (κ3) is 3.05. The third-order valence-corrected chi connectivity index (χ3v) is 4.16. The lowest BCUT2D eigenvalue weighted by molar-refractivity contribution is 0.340. The van der Waals surface area contributed by atoms with Crippen molar-refractivity contribution in [2.75, 3.05) is 6.61 Å². The lowest BCUT2D eigenvalue weighted by atomic mass is 9.92. The zero-order valence-electron chi connectivity index (χ0n) is 12.1. The van der Waals surface area contributed by atoms with E-state index in [2.05, 4.69) is 48.0 Å². The minimum absolute atomic E-state index is 0.138. The van der Waals surface area contributed by atoms with Crippen molar-refractivity contribution in [2.24, 2.45) is 5.73 Å². The van der Waals surface area contributed by atoms with Crippen molar-refractivity contribution >= 4 is 15.9 Å². The molecule has 0 heterocycles. The van der Waals surface area contributed by atoms with E-state index < -0.39 is 0 Å². The molecule has 0 aliphatic rings. The van der Waals surface area contributed by atoms with E-state index in [4.69, 9.17) is 10.5 Å². The molecule has 106 valence electrons. The Morgan fingerprint density at radius 2 is 1.80 bits per heavy atom. The monoisotopic (exact) mass is 333 g/mol. The lowest BCUT2D eigenvalue weighted by Gasteiger charge is -2.19. The number of benzene rings is 2. The van der Waals surface area contributed by atoms with Gasteiger partial charge in [0, 0.05) is 4.47 Å². The molecule has 0 radical (unpaired) electrons. The lowest BCUT2D eigenvalue weighted by Crippen LogP contribution is -2.15. The van der Waals surface area contributed by atoms with Crippen LogP contribution in [-0.2, 0) is 0 Å². The Labute approximate surface area is 129 Å². The summed E-state index contributed by atoms with van der Waals surface area (Å²) in [5.41, 5.74) is 11.2. The second-order valence-corrected chi connectivity index (χ2v) is 5.75. The molecule has 0 aromatic heterocycles. The molecule has 2 nitrogen and oxygen atoms in total. The van der Waals surface area contributed by atoms with Crippen LogP contribution in [0.25, 0.3) is 0 Å². The zero-order valence-corrected chi connectivity index (χ0v) is 13.7.